The first-order valence-corrected chi connectivity index (χ1v) is 4.67. The molecule has 1 aliphatic heterocycles. The van der Waals surface area contributed by atoms with Crippen LogP contribution in [-0.4, -0.2) is 18.6 Å². The van der Waals surface area contributed by atoms with Crippen molar-refractivity contribution in [2.75, 3.05) is 11.6 Å². The standard InChI is InChI=1S/C11H12N4/c12-11(13)8-15-10-6-2-1-4-9(10)5-3-7-14-15/h1-7H,8H2,(H3,12,13). The zero-order valence-electron chi connectivity index (χ0n) is 8.22. The first-order valence-electron chi connectivity index (χ1n) is 4.67. The highest BCUT2D eigenvalue weighted by molar-refractivity contribution is 5.88. The average Bonchev–Trinajstić information content (AvgIpc) is 2.41. The molecule has 0 radical (unpaired) electrons. The van der Waals surface area contributed by atoms with Crippen LogP contribution < -0.4 is 10.7 Å². The van der Waals surface area contributed by atoms with Gasteiger partial charge in [0.15, 0.2) is 0 Å². The third-order valence-corrected chi connectivity index (χ3v) is 2.10. The number of hydrazone groups is 1. The number of nitrogens with zero attached hydrogens (tertiary/aromatic N) is 2. The number of nitrogens with two attached hydrogens (primary N) is 1. The summed E-state index contributed by atoms with van der Waals surface area (Å²) < 4.78 is 0. The van der Waals surface area contributed by atoms with Crippen LogP contribution in [0.15, 0.2) is 35.4 Å². The summed E-state index contributed by atoms with van der Waals surface area (Å²) in [6.07, 6.45) is 5.56. The Morgan fingerprint density at radius 3 is 3.00 bits per heavy atom. The molecule has 0 unspecified atom stereocenters. The normalized spacial score (nSPS) is 13.5. The van der Waals surface area contributed by atoms with Gasteiger partial charge in [-0.25, -0.2) is 0 Å². The van der Waals surface area contributed by atoms with Crippen LogP contribution in [0.5, 0.6) is 0 Å². The number of allylic oxidation sites excluding steroid dienone is 1. The summed E-state index contributed by atoms with van der Waals surface area (Å²) in [7, 11) is 0. The summed E-state index contributed by atoms with van der Waals surface area (Å²) in [6.45, 7) is 0.315. The molecule has 0 atom stereocenters. The minimum absolute atomic E-state index is 0.101. The molecule has 3 N–H and O–H groups in total. The van der Waals surface area contributed by atoms with Gasteiger partial charge in [0, 0.05) is 6.21 Å². The molecular weight excluding hydrogens is 188 g/mol. The summed E-state index contributed by atoms with van der Waals surface area (Å²) in [5, 5.41) is 13.2. The van der Waals surface area contributed by atoms with Crippen molar-refractivity contribution in [2.24, 2.45) is 10.8 Å². The van der Waals surface area contributed by atoms with Crippen LogP contribution in [0.1, 0.15) is 5.56 Å². The summed E-state index contributed by atoms with van der Waals surface area (Å²) in [6, 6.07) is 7.89. The third kappa shape index (κ3) is 2.04. The number of hydrogen-bond acceptors (Lipinski definition) is 3. The number of amidine groups is 1. The maximum atomic E-state index is 7.29. The Morgan fingerprint density at radius 2 is 2.20 bits per heavy atom. The van der Waals surface area contributed by atoms with E-state index in [1.165, 1.54) is 0 Å². The van der Waals surface area contributed by atoms with Crippen molar-refractivity contribution >= 4 is 23.8 Å². The van der Waals surface area contributed by atoms with Gasteiger partial charge in [-0.05, 0) is 17.7 Å². The van der Waals surface area contributed by atoms with Crippen molar-refractivity contribution in [3.8, 4) is 0 Å². The fraction of sp³-hybridized carbons (Fsp3) is 0.0909. The number of fused-ring (bicyclic) bond motifs is 1. The zero-order valence-corrected chi connectivity index (χ0v) is 8.22. The average molecular weight is 200 g/mol. The van der Waals surface area contributed by atoms with Gasteiger partial charge in [0.1, 0.15) is 5.84 Å². The van der Waals surface area contributed by atoms with Crippen molar-refractivity contribution in [3.05, 3.63) is 35.9 Å². The van der Waals surface area contributed by atoms with E-state index < -0.39 is 0 Å². The van der Waals surface area contributed by atoms with Gasteiger partial charge in [-0.15, -0.1) is 0 Å². The molecule has 4 nitrogen and oxygen atoms in total. The second-order valence-electron chi connectivity index (χ2n) is 3.27. The Morgan fingerprint density at radius 1 is 1.40 bits per heavy atom. The molecule has 2 rings (SSSR count). The Kier molecular flexibility index (Phi) is 2.49. The van der Waals surface area contributed by atoms with Gasteiger partial charge in [0.05, 0.1) is 12.2 Å². The molecule has 0 saturated carbocycles. The molecule has 0 bridgehead atoms. The summed E-state index contributed by atoms with van der Waals surface area (Å²) in [4.78, 5) is 0. The van der Waals surface area contributed by atoms with Gasteiger partial charge < -0.3 is 5.73 Å². The minimum atomic E-state index is 0.101. The quantitative estimate of drug-likeness (QED) is 0.560. The van der Waals surface area contributed by atoms with Crippen LogP contribution in [0.3, 0.4) is 0 Å². The maximum absolute atomic E-state index is 7.29. The number of nitrogens with one attached hydrogen (secondary N) is 1. The van der Waals surface area contributed by atoms with Crippen LogP contribution >= 0.6 is 0 Å². The van der Waals surface area contributed by atoms with Crippen molar-refractivity contribution < 1.29 is 0 Å². The second-order valence-corrected chi connectivity index (χ2v) is 3.27. The highest BCUT2D eigenvalue weighted by Gasteiger charge is 2.10. The Labute approximate surface area is 88.2 Å². The van der Waals surface area contributed by atoms with Gasteiger partial charge in [-0.3, -0.25) is 10.4 Å². The van der Waals surface area contributed by atoms with Gasteiger partial charge in [-0.1, -0.05) is 24.3 Å². The van der Waals surface area contributed by atoms with Crippen LogP contribution in [0.25, 0.3) is 6.08 Å². The molecular formula is C11H12N4. The lowest BCUT2D eigenvalue weighted by molar-refractivity contribution is 0.958. The molecule has 0 aliphatic carbocycles. The molecule has 0 amide bonds. The molecule has 1 heterocycles. The van der Waals surface area contributed by atoms with E-state index in [0.29, 0.717) is 6.54 Å². The van der Waals surface area contributed by atoms with E-state index in [4.69, 9.17) is 11.1 Å². The fourth-order valence-electron chi connectivity index (χ4n) is 1.48. The fourth-order valence-corrected chi connectivity index (χ4v) is 1.48. The lowest BCUT2D eigenvalue weighted by atomic mass is 10.1. The molecule has 0 saturated heterocycles. The van der Waals surface area contributed by atoms with E-state index in [1.54, 1.807) is 11.2 Å². The largest absolute Gasteiger partial charge is 0.386 e. The lowest BCUT2D eigenvalue weighted by Crippen LogP contribution is -2.29. The number of hydrogen-bond donors (Lipinski definition) is 2. The zero-order chi connectivity index (χ0) is 10.7. The van der Waals surface area contributed by atoms with E-state index in [-0.39, 0.29) is 5.84 Å². The molecule has 1 aliphatic rings. The molecule has 0 aromatic heterocycles. The van der Waals surface area contributed by atoms with Crippen LogP contribution in [-0.2, 0) is 0 Å². The first kappa shape index (κ1) is 9.45. The van der Waals surface area contributed by atoms with Crippen molar-refractivity contribution in [2.45, 2.75) is 0 Å². The predicted molar refractivity (Wildman–Crippen MR) is 63.2 cm³/mol. The number of rotatable bonds is 2. The number of anilines is 1. The maximum Gasteiger partial charge on any atom is 0.113 e. The van der Waals surface area contributed by atoms with Gasteiger partial charge >= 0.3 is 0 Å². The summed E-state index contributed by atoms with van der Waals surface area (Å²) >= 11 is 0. The van der Waals surface area contributed by atoms with Crippen molar-refractivity contribution in [1.29, 1.82) is 5.41 Å². The van der Waals surface area contributed by atoms with E-state index in [2.05, 4.69) is 5.10 Å². The molecule has 0 fully saturated rings. The second kappa shape index (κ2) is 3.96. The highest BCUT2D eigenvalue weighted by atomic mass is 15.5. The van der Waals surface area contributed by atoms with Crippen LogP contribution in [0, 0.1) is 5.41 Å². The Bertz CT molecular complexity index is 434. The van der Waals surface area contributed by atoms with Gasteiger partial charge in [-0.2, -0.15) is 5.10 Å². The summed E-state index contributed by atoms with van der Waals surface area (Å²) in [5.74, 6) is 0.101. The smallest absolute Gasteiger partial charge is 0.113 e. The van der Waals surface area contributed by atoms with Crippen LogP contribution in [0.4, 0.5) is 5.69 Å². The molecule has 1 aromatic carbocycles. The lowest BCUT2D eigenvalue weighted by Gasteiger charge is -2.18. The number of para-hydroxylation sites is 1. The van der Waals surface area contributed by atoms with Gasteiger partial charge in [0.2, 0.25) is 0 Å². The predicted octanol–water partition coefficient (Wildman–Crippen LogP) is 1.44. The molecule has 4 heteroatoms. The van der Waals surface area contributed by atoms with E-state index >= 15 is 0 Å². The molecule has 76 valence electrons. The first-order chi connectivity index (χ1) is 7.27. The summed E-state index contributed by atoms with van der Waals surface area (Å²) in [5.41, 5.74) is 7.43. The monoisotopic (exact) mass is 200 g/mol. The Balaban J connectivity index is 2.39. The SMILES string of the molecule is N=C(N)CN1N=CC=Cc2ccccc21. The third-order valence-electron chi connectivity index (χ3n) is 2.10. The van der Waals surface area contributed by atoms with Crippen molar-refractivity contribution in [3.63, 3.8) is 0 Å². The van der Waals surface area contributed by atoms with Crippen molar-refractivity contribution in [1.82, 2.24) is 0 Å². The highest BCUT2D eigenvalue weighted by Crippen LogP contribution is 2.23. The van der Waals surface area contributed by atoms with E-state index in [1.807, 2.05) is 36.4 Å². The molecule has 0 spiro atoms. The van der Waals surface area contributed by atoms with Gasteiger partial charge in [0.25, 0.3) is 0 Å². The molecule has 1 aromatic rings. The van der Waals surface area contributed by atoms with E-state index in [9.17, 15) is 0 Å². The van der Waals surface area contributed by atoms with E-state index in [0.717, 1.165) is 11.3 Å². The topological polar surface area (TPSA) is 65.5 Å². The van der Waals surface area contributed by atoms with Crippen LogP contribution in [0.2, 0.25) is 0 Å². The minimum Gasteiger partial charge on any atom is -0.386 e. The molecule has 15 heavy (non-hydrogen) atoms. The number of benzene rings is 1. The Hall–Kier alpha value is -2.10.